The summed E-state index contributed by atoms with van der Waals surface area (Å²) in [7, 11) is 0. The first-order valence-electron chi connectivity index (χ1n) is 5.32. The highest BCUT2D eigenvalue weighted by Crippen LogP contribution is 2.17. The highest BCUT2D eigenvalue weighted by Gasteiger charge is 2.21. The molecule has 2 aromatic heterocycles. The first kappa shape index (κ1) is 9.46. The molecule has 2 aromatic rings. The molecule has 16 heavy (non-hydrogen) atoms. The minimum Gasteiger partial charge on any atom is -0.332 e. The smallest absolute Gasteiger partial charge is 0.280 e. The van der Waals surface area contributed by atoms with Gasteiger partial charge in [0, 0.05) is 19.5 Å². The van der Waals surface area contributed by atoms with Gasteiger partial charge in [0.15, 0.2) is 11.5 Å². The number of nitrogens with one attached hydrogen (secondary N) is 1. The van der Waals surface area contributed by atoms with E-state index in [0.29, 0.717) is 23.5 Å². The highest BCUT2D eigenvalue weighted by molar-refractivity contribution is 5.43. The van der Waals surface area contributed by atoms with Gasteiger partial charge in [-0.2, -0.15) is 4.98 Å². The lowest BCUT2D eigenvalue weighted by atomic mass is 10.2. The van der Waals surface area contributed by atoms with E-state index in [9.17, 15) is 0 Å². The van der Waals surface area contributed by atoms with Crippen LogP contribution in [0.5, 0.6) is 0 Å². The maximum atomic E-state index is 5.09. The zero-order valence-corrected chi connectivity index (χ0v) is 8.92. The van der Waals surface area contributed by atoms with Gasteiger partial charge in [0.05, 0.1) is 12.2 Å². The maximum absolute atomic E-state index is 5.09. The van der Waals surface area contributed by atoms with Gasteiger partial charge in [-0.3, -0.25) is 0 Å². The van der Waals surface area contributed by atoms with Crippen LogP contribution in [0.1, 0.15) is 18.8 Å². The van der Waals surface area contributed by atoms with Gasteiger partial charge in [-0.15, -0.1) is 5.10 Å². The maximum Gasteiger partial charge on any atom is 0.280 e. The molecular weight excluding hydrogens is 208 g/mol. The second-order valence-electron chi connectivity index (χ2n) is 3.77. The van der Waals surface area contributed by atoms with E-state index in [1.54, 1.807) is 0 Å². The molecular formula is C9H12N6O. The van der Waals surface area contributed by atoms with Crippen molar-refractivity contribution in [3.8, 4) is 11.6 Å². The minimum atomic E-state index is 0.398. The van der Waals surface area contributed by atoms with Crippen molar-refractivity contribution >= 4 is 0 Å². The summed E-state index contributed by atoms with van der Waals surface area (Å²) in [6, 6.07) is 0.398. The van der Waals surface area contributed by atoms with Crippen LogP contribution in [0.2, 0.25) is 0 Å². The Kier molecular flexibility index (Phi) is 2.17. The molecule has 0 bridgehead atoms. The van der Waals surface area contributed by atoms with Crippen molar-refractivity contribution in [3.05, 3.63) is 12.0 Å². The summed E-state index contributed by atoms with van der Waals surface area (Å²) in [4.78, 5) is 4.21. The molecule has 3 heterocycles. The molecule has 1 aliphatic rings. The number of nitrogens with zero attached hydrogens (tertiary/aromatic N) is 5. The van der Waals surface area contributed by atoms with Crippen LogP contribution in [0.25, 0.3) is 11.6 Å². The molecule has 0 aliphatic carbocycles. The van der Waals surface area contributed by atoms with Gasteiger partial charge in [-0.25, -0.2) is 4.68 Å². The molecule has 7 nitrogen and oxygen atoms in total. The van der Waals surface area contributed by atoms with Gasteiger partial charge in [-0.05, 0) is 0 Å². The van der Waals surface area contributed by atoms with E-state index in [4.69, 9.17) is 4.52 Å². The Hall–Kier alpha value is -1.76. The monoisotopic (exact) mass is 220 g/mol. The molecule has 84 valence electrons. The lowest BCUT2D eigenvalue weighted by Gasteiger charge is -2.26. The van der Waals surface area contributed by atoms with Crippen molar-refractivity contribution in [1.29, 1.82) is 0 Å². The molecule has 0 amide bonds. The molecule has 3 rings (SSSR count). The first-order valence-corrected chi connectivity index (χ1v) is 5.32. The molecule has 0 unspecified atom stereocenters. The topological polar surface area (TPSA) is 81.7 Å². The van der Waals surface area contributed by atoms with Crippen LogP contribution >= 0.6 is 0 Å². The average Bonchev–Trinajstić information content (AvgIpc) is 2.81. The lowest BCUT2D eigenvalue weighted by molar-refractivity contribution is 0.313. The Morgan fingerprint density at radius 3 is 3.06 bits per heavy atom. The summed E-state index contributed by atoms with van der Waals surface area (Å²) in [6.07, 6.45) is 2.60. The van der Waals surface area contributed by atoms with Gasteiger partial charge in [-0.1, -0.05) is 17.3 Å². The van der Waals surface area contributed by atoms with Crippen LogP contribution in [-0.2, 0) is 6.42 Å². The molecule has 0 radical (unpaired) electrons. The van der Waals surface area contributed by atoms with Crippen molar-refractivity contribution in [2.45, 2.75) is 19.4 Å². The van der Waals surface area contributed by atoms with Crippen molar-refractivity contribution in [2.24, 2.45) is 0 Å². The van der Waals surface area contributed by atoms with Crippen LogP contribution < -0.4 is 5.32 Å². The average molecular weight is 220 g/mol. The largest absolute Gasteiger partial charge is 0.332 e. The minimum absolute atomic E-state index is 0.398. The fourth-order valence-corrected chi connectivity index (χ4v) is 1.52. The van der Waals surface area contributed by atoms with Crippen LogP contribution in [0.4, 0.5) is 0 Å². The molecule has 1 fully saturated rings. The second kappa shape index (κ2) is 3.67. The third kappa shape index (κ3) is 1.49. The number of aryl methyl sites for hydroxylation is 1. The Labute approximate surface area is 91.8 Å². The zero-order valence-electron chi connectivity index (χ0n) is 8.92. The molecule has 1 N–H and O–H groups in total. The van der Waals surface area contributed by atoms with Crippen LogP contribution in [0.15, 0.2) is 10.7 Å². The standard InChI is InChI=1S/C9H12N6O/c1-2-8-11-9(16-13-8)7-5-15(14-12-7)6-3-10-4-6/h5-6,10H,2-4H2,1H3. The predicted octanol–water partition coefficient (Wildman–Crippen LogP) is 0.0348. The fraction of sp³-hybridized carbons (Fsp3) is 0.556. The van der Waals surface area contributed by atoms with E-state index in [1.165, 1.54) is 0 Å². The van der Waals surface area contributed by atoms with Gasteiger partial charge in [0.25, 0.3) is 5.89 Å². The van der Waals surface area contributed by atoms with Crippen LogP contribution in [0, 0.1) is 0 Å². The van der Waals surface area contributed by atoms with E-state index in [2.05, 4.69) is 25.8 Å². The van der Waals surface area contributed by atoms with E-state index in [1.807, 2.05) is 17.8 Å². The Morgan fingerprint density at radius 1 is 1.56 bits per heavy atom. The SMILES string of the molecule is CCc1noc(-c2cn(C3CNC3)nn2)n1. The van der Waals surface area contributed by atoms with Gasteiger partial charge in [0.2, 0.25) is 0 Å². The van der Waals surface area contributed by atoms with Crippen molar-refractivity contribution in [1.82, 2.24) is 30.5 Å². The van der Waals surface area contributed by atoms with E-state index >= 15 is 0 Å². The third-order valence-electron chi connectivity index (χ3n) is 2.65. The Balaban J connectivity index is 1.85. The molecule has 0 atom stereocenters. The fourth-order valence-electron chi connectivity index (χ4n) is 1.52. The number of hydrogen-bond donors (Lipinski definition) is 1. The van der Waals surface area contributed by atoms with Gasteiger partial charge >= 0.3 is 0 Å². The summed E-state index contributed by atoms with van der Waals surface area (Å²) in [6.45, 7) is 3.85. The van der Waals surface area contributed by atoms with E-state index in [-0.39, 0.29) is 0 Å². The highest BCUT2D eigenvalue weighted by atomic mass is 16.5. The van der Waals surface area contributed by atoms with Crippen LogP contribution in [0.3, 0.4) is 0 Å². The second-order valence-corrected chi connectivity index (χ2v) is 3.77. The number of rotatable bonds is 3. The first-order chi connectivity index (χ1) is 7.86. The summed E-state index contributed by atoms with van der Waals surface area (Å²) < 4.78 is 6.93. The number of hydrogen-bond acceptors (Lipinski definition) is 6. The van der Waals surface area contributed by atoms with Gasteiger partial charge in [0.1, 0.15) is 0 Å². The molecule has 1 aliphatic heterocycles. The molecule has 0 saturated carbocycles. The quantitative estimate of drug-likeness (QED) is 0.786. The molecule has 0 aromatic carbocycles. The summed E-state index contributed by atoms with van der Waals surface area (Å²) in [5.74, 6) is 1.13. The van der Waals surface area contributed by atoms with Gasteiger partial charge < -0.3 is 9.84 Å². The summed E-state index contributed by atoms with van der Waals surface area (Å²) in [5.41, 5.74) is 0.638. The third-order valence-corrected chi connectivity index (χ3v) is 2.65. The molecule has 7 heteroatoms. The van der Waals surface area contributed by atoms with E-state index in [0.717, 1.165) is 19.5 Å². The summed E-state index contributed by atoms with van der Waals surface area (Å²) in [5, 5.41) is 15.1. The zero-order chi connectivity index (χ0) is 11.0. The normalized spacial score (nSPS) is 16.3. The molecule has 0 spiro atoms. The predicted molar refractivity (Wildman–Crippen MR) is 54.6 cm³/mol. The molecule has 1 saturated heterocycles. The van der Waals surface area contributed by atoms with Crippen molar-refractivity contribution < 1.29 is 4.52 Å². The Bertz CT molecular complexity index is 486. The Morgan fingerprint density at radius 2 is 2.44 bits per heavy atom. The summed E-state index contributed by atoms with van der Waals surface area (Å²) >= 11 is 0. The van der Waals surface area contributed by atoms with Crippen molar-refractivity contribution in [3.63, 3.8) is 0 Å². The lowest BCUT2D eigenvalue weighted by Crippen LogP contribution is -2.43. The van der Waals surface area contributed by atoms with E-state index < -0.39 is 0 Å². The van der Waals surface area contributed by atoms with Crippen LogP contribution in [-0.4, -0.2) is 38.2 Å². The number of aromatic nitrogens is 5. The van der Waals surface area contributed by atoms with Crippen molar-refractivity contribution in [2.75, 3.05) is 13.1 Å².